The molecule has 0 saturated heterocycles. The molecule has 3 aromatic rings. The van der Waals surface area contributed by atoms with Crippen LogP contribution in [0.4, 0.5) is 5.69 Å². The SMILES string of the molecule is CC1=NN(c2ccccc2)C(=O)/C1=C/c1cc(Cl)ccc1OS(=O)(=O)c1ccc(Cl)cc1. The summed E-state index contributed by atoms with van der Waals surface area (Å²) >= 11 is 12.0. The van der Waals surface area contributed by atoms with Crippen molar-refractivity contribution in [2.24, 2.45) is 5.10 Å². The van der Waals surface area contributed by atoms with Crippen LogP contribution in [0.1, 0.15) is 12.5 Å². The lowest BCUT2D eigenvalue weighted by molar-refractivity contribution is -0.114. The molecule has 0 unspecified atom stereocenters. The minimum absolute atomic E-state index is 0.0237. The molecule has 0 saturated carbocycles. The van der Waals surface area contributed by atoms with E-state index in [1.807, 2.05) is 6.07 Å². The molecule has 162 valence electrons. The molecule has 0 aliphatic carbocycles. The maximum Gasteiger partial charge on any atom is 0.339 e. The zero-order chi connectivity index (χ0) is 22.9. The van der Waals surface area contributed by atoms with Crippen molar-refractivity contribution in [3.63, 3.8) is 0 Å². The number of carbonyl (C=O) groups excluding carboxylic acids is 1. The number of halogens is 2. The van der Waals surface area contributed by atoms with Crippen LogP contribution in [0.2, 0.25) is 10.0 Å². The van der Waals surface area contributed by atoms with Gasteiger partial charge in [-0.25, -0.2) is 0 Å². The molecule has 1 aliphatic heterocycles. The van der Waals surface area contributed by atoms with Crippen molar-refractivity contribution >= 4 is 56.7 Å². The molecule has 0 N–H and O–H groups in total. The minimum Gasteiger partial charge on any atom is -0.378 e. The maximum absolute atomic E-state index is 13.0. The maximum atomic E-state index is 13.0. The Kier molecular flexibility index (Phi) is 6.06. The number of rotatable bonds is 5. The third kappa shape index (κ3) is 4.55. The van der Waals surface area contributed by atoms with Crippen LogP contribution in [-0.2, 0) is 14.9 Å². The highest BCUT2D eigenvalue weighted by molar-refractivity contribution is 7.87. The Bertz CT molecular complexity index is 1350. The van der Waals surface area contributed by atoms with Crippen LogP contribution in [0.25, 0.3) is 6.08 Å². The first-order chi connectivity index (χ1) is 15.2. The molecule has 0 bridgehead atoms. The van der Waals surface area contributed by atoms with Crippen LogP contribution in [0, 0.1) is 0 Å². The standard InChI is InChI=1S/C23H16Cl2N2O4S/c1-15-21(23(28)27(26-15)19-5-3-2-4-6-19)14-16-13-18(25)9-12-22(16)31-32(29,30)20-10-7-17(24)8-11-20/h2-14H,1H3/b21-14+. The van der Waals surface area contributed by atoms with Gasteiger partial charge in [0.25, 0.3) is 5.91 Å². The van der Waals surface area contributed by atoms with Crippen LogP contribution in [0.15, 0.2) is 88.4 Å². The predicted octanol–water partition coefficient (Wildman–Crippen LogP) is 5.57. The van der Waals surface area contributed by atoms with Gasteiger partial charge in [0.2, 0.25) is 0 Å². The van der Waals surface area contributed by atoms with E-state index in [2.05, 4.69) is 5.10 Å². The van der Waals surface area contributed by atoms with Crippen molar-refractivity contribution in [1.29, 1.82) is 0 Å². The summed E-state index contributed by atoms with van der Waals surface area (Å²) in [6.45, 7) is 1.70. The second kappa shape index (κ2) is 8.78. The fourth-order valence-corrected chi connectivity index (χ4v) is 4.32. The number of hydrazone groups is 1. The lowest BCUT2D eigenvalue weighted by Gasteiger charge is -2.12. The molecule has 0 spiro atoms. The number of carbonyl (C=O) groups is 1. The van der Waals surface area contributed by atoms with Crippen LogP contribution in [-0.4, -0.2) is 20.0 Å². The van der Waals surface area contributed by atoms with Crippen LogP contribution in [0.5, 0.6) is 5.75 Å². The molecule has 3 aromatic carbocycles. The lowest BCUT2D eigenvalue weighted by atomic mass is 10.1. The Labute approximate surface area is 195 Å². The van der Waals surface area contributed by atoms with Gasteiger partial charge in [-0.1, -0.05) is 41.4 Å². The molecular formula is C23H16Cl2N2O4S. The largest absolute Gasteiger partial charge is 0.378 e. The monoisotopic (exact) mass is 486 g/mol. The summed E-state index contributed by atoms with van der Waals surface area (Å²) in [6.07, 6.45) is 1.52. The third-order valence-corrected chi connectivity index (χ3v) is 6.37. The predicted molar refractivity (Wildman–Crippen MR) is 126 cm³/mol. The Morgan fingerprint density at radius 3 is 2.28 bits per heavy atom. The number of amides is 1. The van der Waals surface area contributed by atoms with E-state index in [4.69, 9.17) is 27.4 Å². The van der Waals surface area contributed by atoms with E-state index in [0.29, 0.717) is 32.6 Å². The fraction of sp³-hybridized carbons (Fsp3) is 0.0435. The number of benzene rings is 3. The number of nitrogens with zero attached hydrogens (tertiary/aromatic N) is 2. The normalized spacial score (nSPS) is 15.2. The first kappa shape index (κ1) is 22.1. The van der Waals surface area contributed by atoms with E-state index in [-0.39, 0.29) is 16.6 Å². The van der Waals surface area contributed by atoms with Crippen molar-refractivity contribution in [2.75, 3.05) is 5.01 Å². The Morgan fingerprint density at radius 1 is 0.938 bits per heavy atom. The number of hydrogen-bond donors (Lipinski definition) is 0. The summed E-state index contributed by atoms with van der Waals surface area (Å²) in [5.74, 6) is -0.323. The zero-order valence-electron chi connectivity index (χ0n) is 16.7. The van der Waals surface area contributed by atoms with Gasteiger partial charge in [-0.05, 0) is 67.6 Å². The van der Waals surface area contributed by atoms with Gasteiger partial charge in [0.1, 0.15) is 10.6 Å². The summed E-state index contributed by atoms with van der Waals surface area (Å²) < 4.78 is 30.8. The van der Waals surface area contributed by atoms with Gasteiger partial charge >= 0.3 is 10.1 Å². The topological polar surface area (TPSA) is 76.0 Å². The van der Waals surface area contributed by atoms with Gasteiger partial charge in [0, 0.05) is 15.6 Å². The first-order valence-corrected chi connectivity index (χ1v) is 11.6. The third-order valence-electron chi connectivity index (χ3n) is 4.64. The van der Waals surface area contributed by atoms with Crippen molar-refractivity contribution in [2.45, 2.75) is 11.8 Å². The molecule has 1 aliphatic rings. The Morgan fingerprint density at radius 2 is 1.59 bits per heavy atom. The molecule has 0 atom stereocenters. The smallest absolute Gasteiger partial charge is 0.339 e. The Balaban J connectivity index is 1.70. The molecule has 0 fully saturated rings. The molecular weight excluding hydrogens is 471 g/mol. The summed E-state index contributed by atoms with van der Waals surface area (Å²) in [5.41, 5.74) is 1.71. The summed E-state index contributed by atoms with van der Waals surface area (Å²) in [7, 11) is -4.14. The molecule has 4 rings (SSSR count). The highest BCUT2D eigenvalue weighted by Gasteiger charge is 2.29. The summed E-state index contributed by atoms with van der Waals surface area (Å²) in [6, 6.07) is 19.1. The van der Waals surface area contributed by atoms with Crippen LogP contribution >= 0.6 is 23.2 Å². The van der Waals surface area contributed by atoms with E-state index in [1.54, 1.807) is 31.2 Å². The molecule has 6 nitrogen and oxygen atoms in total. The molecule has 1 heterocycles. The van der Waals surface area contributed by atoms with Crippen molar-refractivity contribution < 1.29 is 17.4 Å². The van der Waals surface area contributed by atoms with Crippen LogP contribution < -0.4 is 9.19 Å². The van der Waals surface area contributed by atoms with Gasteiger partial charge in [-0.15, -0.1) is 0 Å². The number of para-hydroxylation sites is 1. The van der Waals surface area contributed by atoms with Crippen molar-refractivity contribution in [3.05, 3.63) is 94.0 Å². The first-order valence-electron chi connectivity index (χ1n) is 9.41. The van der Waals surface area contributed by atoms with Crippen LogP contribution in [0.3, 0.4) is 0 Å². The zero-order valence-corrected chi connectivity index (χ0v) is 19.0. The van der Waals surface area contributed by atoms with E-state index in [1.165, 1.54) is 53.5 Å². The van der Waals surface area contributed by atoms with E-state index in [9.17, 15) is 13.2 Å². The average molecular weight is 487 g/mol. The Hall–Kier alpha value is -3.13. The minimum atomic E-state index is -4.14. The summed E-state index contributed by atoms with van der Waals surface area (Å²) in [5, 5.41) is 6.37. The highest BCUT2D eigenvalue weighted by atomic mass is 35.5. The second-order valence-electron chi connectivity index (χ2n) is 6.87. The van der Waals surface area contributed by atoms with Gasteiger partial charge in [0.15, 0.2) is 0 Å². The quantitative estimate of drug-likeness (QED) is 0.349. The van der Waals surface area contributed by atoms with Crippen molar-refractivity contribution in [1.82, 2.24) is 0 Å². The fourth-order valence-electron chi connectivity index (χ4n) is 3.06. The molecule has 1 amide bonds. The number of anilines is 1. The van der Waals surface area contributed by atoms with E-state index >= 15 is 0 Å². The van der Waals surface area contributed by atoms with Gasteiger partial charge < -0.3 is 4.18 Å². The van der Waals surface area contributed by atoms with Gasteiger partial charge in [-0.2, -0.15) is 18.5 Å². The van der Waals surface area contributed by atoms with Crippen molar-refractivity contribution in [3.8, 4) is 5.75 Å². The van der Waals surface area contributed by atoms with Gasteiger partial charge in [-0.3, -0.25) is 4.79 Å². The van der Waals surface area contributed by atoms with Gasteiger partial charge in [0.05, 0.1) is 17.0 Å². The highest BCUT2D eigenvalue weighted by Crippen LogP contribution is 2.31. The van der Waals surface area contributed by atoms with E-state index in [0.717, 1.165) is 0 Å². The average Bonchev–Trinajstić information content (AvgIpc) is 3.05. The molecule has 9 heteroatoms. The lowest BCUT2D eigenvalue weighted by Crippen LogP contribution is -2.21. The molecule has 32 heavy (non-hydrogen) atoms. The molecule has 0 aromatic heterocycles. The molecule has 0 radical (unpaired) electrons. The summed E-state index contributed by atoms with van der Waals surface area (Å²) in [4.78, 5) is 12.9. The number of hydrogen-bond acceptors (Lipinski definition) is 5. The second-order valence-corrected chi connectivity index (χ2v) is 9.29. The van der Waals surface area contributed by atoms with E-state index < -0.39 is 10.1 Å².